The van der Waals surface area contributed by atoms with Gasteiger partial charge in [0.05, 0.1) is 15.1 Å². The molecule has 5 heteroatoms. The number of benzene rings is 1. The third-order valence-electron chi connectivity index (χ3n) is 2.93. The number of hydrogen-bond acceptors (Lipinski definition) is 2. The quantitative estimate of drug-likeness (QED) is 0.767. The molecule has 0 aromatic heterocycles. The van der Waals surface area contributed by atoms with Crippen LogP contribution in [0.3, 0.4) is 0 Å². The van der Waals surface area contributed by atoms with Crippen LogP contribution < -0.4 is 5.32 Å². The predicted octanol–water partition coefficient (Wildman–Crippen LogP) is 3.82. The van der Waals surface area contributed by atoms with Gasteiger partial charge in [-0.1, -0.05) is 34.8 Å². The molecule has 1 fully saturated rings. The third-order valence-corrected chi connectivity index (χ3v) is 4.20. The molecule has 0 saturated carbocycles. The Hall–Kier alpha value is -0.150. The second kappa shape index (κ2) is 5.01. The van der Waals surface area contributed by atoms with Crippen LogP contribution in [0, 0.1) is 0 Å². The average molecular weight is 281 g/mol. The van der Waals surface area contributed by atoms with Crippen LogP contribution in [-0.4, -0.2) is 18.2 Å². The summed E-state index contributed by atoms with van der Waals surface area (Å²) in [7, 11) is 0. The third kappa shape index (κ3) is 2.25. The van der Waals surface area contributed by atoms with E-state index in [-0.39, 0.29) is 11.7 Å². The SMILES string of the molecule is Oc1cc(Cl)c(Cl)c(Cl)c1C1CCNCC1. The summed E-state index contributed by atoms with van der Waals surface area (Å²) in [6.45, 7) is 1.86. The van der Waals surface area contributed by atoms with E-state index in [1.165, 1.54) is 6.07 Å². The van der Waals surface area contributed by atoms with E-state index in [4.69, 9.17) is 34.8 Å². The minimum Gasteiger partial charge on any atom is -0.508 e. The topological polar surface area (TPSA) is 32.3 Å². The van der Waals surface area contributed by atoms with Crippen LogP contribution in [0.25, 0.3) is 0 Å². The molecule has 2 N–H and O–H groups in total. The fourth-order valence-corrected chi connectivity index (χ4v) is 2.85. The summed E-state index contributed by atoms with van der Waals surface area (Å²) in [5.41, 5.74) is 0.734. The fraction of sp³-hybridized carbons (Fsp3) is 0.455. The van der Waals surface area contributed by atoms with E-state index in [0.29, 0.717) is 15.1 Å². The molecule has 0 amide bonds. The minimum absolute atomic E-state index is 0.145. The maximum atomic E-state index is 9.90. The summed E-state index contributed by atoms with van der Waals surface area (Å²) in [6, 6.07) is 1.47. The lowest BCUT2D eigenvalue weighted by atomic mass is 9.89. The Kier molecular flexibility index (Phi) is 3.85. The zero-order valence-electron chi connectivity index (χ0n) is 8.56. The number of phenolic OH excluding ortho intramolecular Hbond substituents is 1. The summed E-state index contributed by atoms with van der Waals surface area (Å²) in [5, 5.41) is 14.2. The molecule has 88 valence electrons. The molecule has 0 atom stereocenters. The van der Waals surface area contributed by atoms with Crippen molar-refractivity contribution >= 4 is 34.8 Å². The first kappa shape index (κ1) is 12.3. The highest BCUT2D eigenvalue weighted by Crippen LogP contribution is 2.44. The van der Waals surface area contributed by atoms with Gasteiger partial charge in [0.15, 0.2) is 0 Å². The standard InChI is InChI=1S/C11H12Cl3NO/c12-7-5-8(16)9(11(14)10(7)13)6-1-3-15-4-2-6/h5-6,15-16H,1-4H2. The zero-order valence-corrected chi connectivity index (χ0v) is 10.8. The number of piperidine rings is 1. The summed E-state index contributed by atoms with van der Waals surface area (Å²) in [6.07, 6.45) is 1.90. The highest BCUT2D eigenvalue weighted by Gasteiger charge is 2.23. The largest absolute Gasteiger partial charge is 0.508 e. The van der Waals surface area contributed by atoms with E-state index in [2.05, 4.69) is 5.32 Å². The van der Waals surface area contributed by atoms with Gasteiger partial charge in [0.2, 0.25) is 0 Å². The van der Waals surface area contributed by atoms with Crippen molar-refractivity contribution in [3.05, 3.63) is 26.7 Å². The molecular weight excluding hydrogens is 268 g/mol. The molecule has 0 radical (unpaired) electrons. The first-order valence-corrected chi connectivity index (χ1v) is 6.31. The van der Waals surface area contributed by atoms with Crippen molar-refractivity contribution in [3.8, 4) is 5.75 Å². The van der Waals surface area contributed by atoms with Gasteiger partial charge in [-0.05, 0) is 31.8 Å². The summed E-state index contributed by atoms with van der Waals surface area (Å²) in [4.78, 5) is 0. The highest BCUT2D eigenvalue weighted by atomic mass is 35.5. The van der Waals surface area contributed by atoms with Crippen molar-refractivity contribution in [2.24, 2.45) is 0 Å². The maximum absolute atomic E-state index is 9.90. The maximum Gasteiger partial charge on any atom is 0.122 e. The van der Waals surface area contributed by atoms with Gasteiger partial charge in [0.1, 0.15) is 5.75 Å². The van der Waals surface area contributed by atoms with Gasteiger partial charge >= 0.3 is 0 Å². The van der Waals surface area contributed by atoms with Gasteiger partial charge in [0, 0.05) is 11.6 Å². The van der Waals surface area contributed by atoms with Crippen LogP contribution in [0.4, 0.5) is 0 Å². The number of aromatic hydroxyl groups is 1. The number of hydrogen-bond donors (Lipinski definition) is 2. The fourth-order valence-electron chi connectivity index (χ4n) is 2.10. The van der Waals surface area contributed by atoms with E-state index in [9.17, 15) is 5.11 Å². The van der Waals surface area contributed by atoms with Gasteiger partial charge in [-0.3, -0.25) is 0 Å². The monoisotopic (exact) mass is 279 g/mol. The van der Waals surface area contributed by atoms with Gasteiger partial charge < -0.3 is 10.4 Å². The van der Waals surface area contributed by atoms with E-state index in [1.54, 1.807) is 0 Å². The van der Waals surface area contributed by atoms with Crippen LogP contribution in [-0.2, 0) is 0 Å². The van der Waals surface area contributed by atoms with Crippen molar-refractivity contribution in [1.29, 1.82) is 0 Å². The highest BCUT2D eigenvalue weighted by molar-refractivity contribution is 6.48. The summed E-state index contributed by atoms with van der Waals surface area (Å²) >= 11 is 18.0. The summed E-state index contributed by atoms with van der Waals surface area (Å²) in [5.74, 6) is 0.398. The molecule has 1 saturated heterocycles. The lowest BCUT2D eigenvalue weighted by molar-refractivity contribution is 0.425. The Balaban J connectivity index is 2.42. The molecule has 0 spiro atoms. The Morgan fingerprint density at radius 2 is 1.75 bits per heavy atom. The second-order valence-electron chi connectivity index (χ2n) is 3.94. The van der Waals surface area contributed by atoms with E-state index < -0.39 is 0 Å². The van der Waals surface area contributed by atoms with Crippen molar-refractivity contribution < 1.29 is 5.11 Å². The first-order valence-electron chi connectivity index (χ1n) is 5.18. The molecule has 0 aliphatic carbocycles. The molecule has 1 aliphatic rings. The minimum atomic E-state index is 0.145. The normalized spacial score (nSPS) is 17.7. The van der Waals surface area contributed by atoms with Gasteiger partial charge in [-0.2, -0.15) is 0 Å². The van der Waals surface area contributed by atoms with Crippen molar-refractivity contribution in [3.63, 3.8) is 0 Å². The van der Waals surface area contributed by atoms with Crippen LogP contribution >= 0.6 is 34.8 Å². The van der Waals surface area contributed by atoms with Crippen LogP contribution in [0.5, 0.6) is 5.75 Å². The molecular formula is C11H12Cl3NO. The number of rotatable bonds is 1. The van der Waals surface area contributed by atoms with Crippen molar-refractivity contribution in [2.45, 2.75) is 18.8 Å². The smallest absolute Gasteiger partial charge is 0.122 e. The molecule has 1 aromatic carbocycles. The lowest BCUT2D eigenvalue weighted by Crippen LogP contribution is -2.26. The predicted molar refractivity (Wildman–Crippen MR) is 68.0 cm³/mol. The van der Waals surface area contributed by atoms with Crippen molar-refractivity contribution in [2.75, 3.05) is 13.1 Å². The molecule has 2 rings (SSSR count). The Morgan fingerprint density at radius 1 is 1.12 bits per heavy atom. The number of phenols is 1. The molecule has 0 unspecified atom stereocenters. The number of nitrogens with one attached hydrogen (secondary N) is 1. The van der Waals surface area contributed by atoms with Crippen LogP contribution in [0.2, 0.25) is 15.1 Å². The summed E-state index contributed by atoms with van der Waals surface area (Å²) < 4.78 is 0. The van der Waals surface area contributed by atoms with E-state index in [1.807, 2.05) is 0 Å². The Bertz CT molecular complexity index is 403. The molecule has 1 aromatic rings. The molecule has 1 aliphatic heterocycles. The Morgan fingerprint density at radius 3 is 2.38 bits per heavy atom. The zero-order chi connectivity index (χ0) is 11.7. The lowest BCUT2D eigenvalue weighted by Gasteiger charge is -2.25. The molecule has 2 nitrogen and oxygen atoms in total. The van der Waals surface area contributed by atoms with Crippen LogP contribution in [0.15, 0.2) is 6.07 Å². The first-order chi connectivity index (χ1) is 7.61. The average Bonchev–Trinajstić information content (AvgIpc) is 2.28. The molecule has 16 heavy (non-hydrogen) atoms. The Labute approximate surface area is 110 Å². The van der Waals surface area contributed by atoms with Crippen LogP contribution in [0.1, 0.15) is 24.3 Å². The van der Waals surface area contributed by atoms with Gasteiger partial charge in [-0.25, -0.2) is 0 Å². The van der Waals surface area contributed by atoms with Crippen molar-refractivity contribution in [1.82, 2.24) is 5.32 Å². The number of halogens is 3. The van der Waals surface area contributed by atoms with E-state index >= 15 is 0 Å². The van der Waals surface area contributed by atoms with Gasteiger partial charge in [0.25, 0.3) is 0 Å². The van der Waals surface area contributed by atoms with E-state index in [0.717, 1.165) is 31.5 Å². The molecule has 1 heterocycles. The second-order valence-corrected chi connectivity index (χ2v) is 5.11. The molecule has 0 bridgehead atoms. The van der Waals surface area contributed by atoms with Gasteiger partial charge in [-0.15, -0.1) is 0 Å².